The molecule has 2 aromatic rings. The summed E-state index contributed by atoms with van der Waals surface area (Å²) in [6.45, 7) is 10.2. The Bertz CT molecular complexity index is 786. The highest BCUT2D eigenvalue weighted by molar-refractivity contribution is 14.0. The van der Waals surface area contributed by atoms with Crippen LogP contribution >= 0.6 is 35.3 Å². The number of halogens is 1. The van der Waals surface area contributed by atoms with Crippen molar-refractivity contribution in [3.05, 3.63) is 47.0 Å². The molecule has 2 aliphatic heterocycles. The Hall–Kier alpha value is -1.39. The summed E-state index contributed by atoms with van der Waals surface area (Å²) in [5.74, 6) is 1.47. The van der Waals surface area contributed by atoms with Crippen LogP contribution in [0.15, 0.2) is 40.8 Å². The number of nitrogens with zero attached hydrogens (tertiary/aromatic N) is 5. The molecule has 1 atom stereocenters. The molecular formula is C22H33IN6S. The minimum atomic E-state index is 0. The number of anilines is 1. The number of rotatable bonds is 5. The molecule has 0 bridgehead atoms. The second-order valence-electron chi connectivity index (χ2n) is 8.26. The molecule has 0 saturated carbocycles. The third-order valence-corrected chi connectivity index (χ3v) is 6.72. The zero-order chi connectivity index (χ0) is 20.1. The van der Waals surface area contributed by atoms with E-state index in [-0.39, 0.29) is 24.0 Å². The first kappa shape index (κ1) is 23.3. The quantitative estimate of drug-likeness (QED) is 0.357. The monoisotopic (exact) mass is 540 g/mol. The van der Waals surface area contributed by atoms with Crippen molar-refractivity contribution in [1.82, 2.24) is 14.8 Å². The lowest BCUT2D eigenvalue weighted by atomic mass is 9.99. The minimum Gasteiger partial charge on any atom is -0.370 e. The van der Waals surface area contributed by atoms with E-state index in [2.05, 4.69) is 55.9 Å². The van der Waals surface area contributed by atoms with E-state index in [0.717, 1.165) is 43.8 Å². The Labute approximate surface area is 201 Å². The summed E-state index contributed by atoms with van der Waals surface area (Å²) in [6.07, 6.45) is 4.56. The summed E-state index contributed by atoms with van der Waals surface area (Å²) in [6, 6.07) is 8.88. The molecule has 30 heavy (non-hydrogen) atoms. The van der Waals surface area contributed by atoms with E-state index < -0.39 is 0 Å². The van der Waals surface area contributed by atoms with Gasteiger partial charge in [-0.3, -0.25) is 4.90 Å². The largest absolute Gasteiger partial charge is 0.370 e. The molecule has 1 aromatic carbocycles. The maximum atomic E-state index is 6.26. The van der Waals surface area contributed by atoms with Crippen molar-refractivity contribution in [2.75, 3.05) is 44.2 Å². The molecule has 1 aromatic heterocycles. The normalized spacial score (nSPS) is 20.8. The molecule has 8 heteroatoms. The first-order valence-electron chi connectivity index (χ1n) is 10.7. The number of hydrogen-bond donors (Lipinski definition) is 1. The van der Waals surface area contributed by atoms with Crippen molar-refractivity contribution in [2.24, 2.45) is 16.6 Å². The van der Waals surface area contributed by atoms with Gasteiger partial charge in [0.2, 0.25) is 0 Å². The molecule has 3 heterocycles. The Balaban J connectivity index is 0.00000256. The van der Waals surface area contributed by atoms with Crippen LogP contribution in [0.2, 0.25) is 0 Å². The predicted octanol–water partition coefficient (Wildman–Crippen LogP) is 3.63. The maximum Gasteiger partial charge on any atom is 0.191 e. The van der Waals surface area contributed by atoms with Crippen LogP contribution in [0, 0.1) is 5.92 Å². The summed E-state index contributed by atoms with van der Waals surface area (Å²) in [5.41, 5.74) is 8.86. The first-order valence-corrected chi connectivity index (χ1v) is 11.5. The number of nitrogens with two attached hydrogens (primary N) is 1. The van der Waals surface area contributed by atoms with Crippen molar-refractivity contribution < 1.29 is 0 Å². The van der Waals surface area contributed by atoms with Crippen LogP contribution in [0.1, 0.15) is 30.9 Å². The van der Waals surface area contributed by atoms with Crippen molar-refractivity contribution in [3.8, 4) is 0 Å². The van der Waals surface area contributed by atoms with Crippen LogP contribution in [0.3, 0.4) is 0 Å². The Kier molecular flexibility index (Phi) is 8.76. The number of benzene rings is 1. The molecule has 0 radical (unpaired) electrons. The summed E-state index contributed by atoms with van der Waals surface area (Å²) in [7, 11) is 0. The zero-order valence-electron chi connectivity index (χ0n) is 17.7. The lowest BCUT2D eigenvalue weighted by Crippen LogP contribution is -2.51. The number of aliphatic imine (C=N–C) groups is 1. The Morgan fingerprint density at radius 2 is 1.87 bits per heavy atom. The molecule has 1 unspecified atom stereocenters. The van der Waals surface area contributed by atoms with Crippen molar-refractivity contribution >= 4 is 46.4 Å². The van der Waals surface area contributed by atoms with E-state index in [1.54, 1.807) is 11.3 Å². The van der Waals surface area contributed by atoms with Crippen LogP contribution in [0.25, 0.3) is 0 Å². The number of likely N-dealkylation sites (tertiary alicyclic amines) is 1. The smallest absolute Gasteiger partial charge is 0.191 e. The lowest BCUT2D eigenvalue weighted by molar-refractivity contribution is 0.176. The summed E-state index contributed by atoms with van der Waals surface area (Å²) in [5, 5.41) is 3.12. The molecule has 6 nitrogen and oxygen atoms in total. The highest BCUT2D eigenvalue weighted by Gasteiger charge is 2.20. The molecule has 0 amide bonds. The molecule has 0 spiro atoms. The van der Waals surface area contributed by atoms with E-state index in [0.29, 0.717) is 12.5 Å². The van der Waals surface area contributed by atoms with Gasteiger partial charge in [-0.25, -0.2) is 9.98 Å². The molecular weight excluding hydrogens is 507 g/mol. The topological polar surface area (TPSA) is 61.0 Å². The van der Waals surface area contributed by atoms with E-state index in [4.69, 9.17) is 5.73 Å². The molecule has 2 N–H and O–H groups in total. The SMILES string of the molecule is CC1CCCN(Cc2ccc(CN=C(N)N3CCN(c4nccs4)CC3)cc2)C1.I. The average Bonchev–Trinajstić information content (AvgIpc) is 3.28. The van der Waals surface area contributed by atoms with Gasteiger partial charge in [0.05, 0.1) is 6.54 Å². The number of piperazine rings is 1. The third-order valence-electron chi connectivity index (χ3n) is 5.89. The Morgan fingerprint density at radius 3 is 2.53 bits per heavy atom. The van der Waals surface area contributed by atoms with Crippen LogP contribution in [-0.2, 0) is 13.1 Å². The summed E-state index contributed by atoms with van der Waals surface area (Å²) in [4.78, 5) is 16.1. The second-order valence-corrected chi connectivity index (χ2v) is 9.14. The fourth-order valence-electron chi connectivity index (χ4n) is 4.21. The van der Waals surface area contributed by atoms with Gasteiger partial charge in [-0.2, -0.15) is 0 Å². The van der Waals surface area contributed by atoms with Crippen LogP contribution in [0.5, 0.6) is 0 Å². The van der Waals surface area contributed by atoms with Gasteiger partial charge in [0.1, 0.15) is 0 Å². The lowest BCUT2D eigenvalue weighted by Gasteiger charge is -2.35. The zero-order valence-corrected chi connectivity index (χ0v) is 20.9. The number of piperidine rings is 1. The highest BCUT2D eigenvalue weighted by atomic mass is 127. The van der Waals surface area contributed by atoms with Gasteiger partial charge in [0.25, 0.3) is 0 Å². The number of thiazole rings is 1. The minimum absolute atomic E-state index is 0. The number of guanidine groups is 1. The van der Waals surface area contributed by atoms with E-state index in [1.807, 2.05) is 11.6 Å². The molecule has 4 rings (SSSR count). The average molecular weight is 541 g/mol. The van der Waals surface area contributed by atoms with Crippen LogP contribution < -0.4 is 10.6 Å². The Morgan fingerprint density at radius 1 is 1.13 bits per heavy atom. The molecule has 0 aliphatic carbocycles. The number of hydrogen-bond acceptors (Lipinski definition) is 5. The van der Waals surface area contributed by atoms with Crippen molar-refractivity contribution in [3.63, 3.8) is 0 Å². The van der Waals surface area contributed by atoms with Gasteiger partial charge in [0, 0.05) is 50.8 Å². The fourth-order valence-corrected chi connectivity index (χ4v) is 4.91. The summed E-state index contributed by atoms with van der Waals surface area (Å²) < 4.78 is 0. The van der Waals surface area contributed by atoms with Gasteiger partial charge in [0.15, 0.2) is 11.1 Å². The molecule has 164 valence electrons. The molecule has 2 saturated heterocycles. The van der Waals surface area contributed by atoms with Crippen LogP contribution in [-0.4, -0.2) is 60.0 Å². The van der Waals surface area contributed by atoms with Gasteiger partial charge < -0.3 is 15.5 Å². The highest BCUT2D eigenvalue weighted by Crippen LogP contribution is 2.19. The maximum absolute atomic E-state index is 6.26. The fraction of sp³-hybridized carbons (Fsp3) is 0.545. The van der Waals surface area contributed by atoms with Crippen molar-refractivity contribution in [2.45, 2.75) is 32.9 Å². The standard InChI is InChI=1S/C22H32N6S.HI/c1-18-3-2-9-26(16-18)17-20-6-4-19(5-7-20)15-25-21(23)27-10-12-28(13-11-27)22-24-8-14-29-22;/h4-8,14,18H,2-3,9-13,15-17H2,1H3,(H2,23,25);1H. The van der Waals surface area contributed by atoms with Gasteiger partial charge >= 0.3 is 0 Å². The molecule has 2 aliphatic rings. The van der Waals surface area contributed by atoms with E-state index in [1.165, 1.54) is 37.1 Å². The summed E-state index contributed by atoms with van der Waals surface area (Å²) >= 11 is 1.69. The van der Waals surface area contributed by atoms with Crippen molar-refractivity contribution in [1.29, 1.82) is 0 Å². The van der Waals surface area contributed by atoms with E-state index >= 15 is 0 Å². The third kappa shape index (κ3) is 6.31. The second kappa shape index (κ2) is 11.3. The van der Waals surface area contributed by atoms with Crippen LogP contribution in [0.4, 0.5) is 5.13 Å². The molecule has 2 fully saturated rings. The first-order chi connectivity index (χ1) is 14.2. The van der Waals surface area contributed by atoms with E-state index in [9.17, 15) is 0 Å². The van der Waals surface area contributed by atoms with Gasteiger partial charge in [-0.15, -0.1) is 35.3 Å². The van der Waals surface area contributed by atoms with Gasteiger partial charge in [-0.05, 0) is 36.4 Å². The van der Waals surface area contributed by atoms with Gasteiger partial charge in [-0.1, -0.05) is 31.2 Å². The number of aromatic nitrogens is 1. The predicted molar refractivity (Wildman–Crippen MR) is 137 cm³/mol.